The predicted octanol–water partition coefficient (Wildman–Crippen LogP) is 4.32. The molecule has 128 valence electrons. The quantitative estimate of drug-likeness (QED) is 0.872. The summed E-state index contributed by atoms with van der Waals surface area (Å²) < 4.78 is 24.9. The molecular formula is C19H21ClFNO2. The number of hydrogen-bond donors (Lipinski definition) is 1. The molecule has 2 aromatic rings. The Hall–Kier alpha value is -1.78. The molecule has 0 radical (unpaired) electrons. The molecule has 0 amide bonds. The van der Waals surface area contributed by atoms with Gasteiger partial charge >= 0.3 is 0 Å². The lowest BCUT2D eigenvalue weighted by Gasteiger charge is -2.28. The van der Waals surface area contributed by atoms with Gasteiger partial charge in [0.15, 0.2) is 11.5 Å². The molecule has 0 spiro atoms. The number of hydrogen-bond acceptors (Lipinski definition) is 3. The summed E-state index contributed by atoms with van der Waals surface area (Å²) in [7, 11) is 3.28. The number of rotatable bonds is 5. The lowest BCUT2D eigenvalue weighted by atomic mass is 9.90. The Kier molecular flexibility index (Phi) is 5.27. The van der Waals surface area contributed by atoms with Gasteiger partial charge in [0.2, 0.25) is 0 Å². The van der Waals surface area contributed by atoms with Gasteiger partial charge in [0.25, 0.3) is 0 Å². The maximum Gasteiger partial charge on any atom is 0.161 e. The first-order valence-corrected chi connectivity index (χ1v) is 8.43. The van der Waals surface area contributed by atoms with E-state index < -0.39 is 0 Å². The molecule has 0 saturated carbocycles. The number of nitrogens with one attached hydrogen (secondary N) is 1. The minimum Gasteiger partial charge on any atom is -0.493 e. The van der Waals surface area contributed by atoms with Crippen LogP contribution in [0.2, 0.25) is 5.02 Å². The molecule has 3 rings (SSSR count). The number of ether oxygens (including phenoxy) is 2. The van der Waals surface area contributed by atoms with Crippen LogP contribution >= 0.6 is 11.6 Å². The fourth-order valence-corrected chi connectivity index (χ4v) is 3.46. The van der Waals surface area contributed by atoms with Crippen molar-refractivity contribution in [3.63, 3.8) is 0 Å². The Morgan fingerprint density at radius 1 is 1.21 bits per heavy atom. The highest BCUT2D eigenvalue weighted by Crippen LogP contribution is 2.36. The zero-order valence-corrected chi connectivity index (χ0v) is 14.6. The number of aryl methyl sites for hydroxylation is 1. The molecule has 1 aliphatic heterocycles. The van der Waals surface area contributed by atoms with Crippen LogP contribution in [0.25, 0.3) is 0 Å². The SMILES string of the molecule is COc1cc2c(cc1OC)C(CCc1cccc(Cl)c1F)NCC2. The van der Waals surface area contributed by atoms with E-state index in [0.717, 1.165) is 30.9 Å². The molecule has 0 aromatic heterocycles. The molecular weight excluding hydrogens is 329 g/mol. The van der Waals surface area contributed by atoms with Crippen molar-refractivity contribution in [3.05, 3.63) is 57.9 Å². The molecule has 1 heterocycles. The Morgan fingerprint density at radius 2 is 1.96 bits per heavy atom. The Morgan fingerprint density at radius 3 is 2.71 bits per heavy atom. The number of benzene rings is 2. The minimum atomic E-state index is -0.317. The van der Waals surface area contributed by atoms with E-state index in [1.807, 2.05) is 12.1 Å². The number of halogens is 2. The second-order valence-corrected chi connectivity index (χ2v) is 6.32. The van der Waals surface area contributed by atoms with Gasteiger partial charge in [-0.15, -0.1) is 0 Å². The highest BCUT2D eigenvalue weighted by atomic mass is 35.5. The first-order chi connectivity index (χ1) is 11.6. The van der Waals surface area contributed by atoms with Gasteiger partial charge in [-0.25, -0.2) is 4.39 Å². The second-order valence-electron chi connectivity index (χ2n) is 5.91. The average Bonchev–Trinajstić information content (AvgIpc) is 2.61. The van der Waals surface area contributed by atoms with Crippen LogP contribution in [-0.2, 0) is 12.8 Å². The van der Waals surface area contributed by atoms with E-state index >= 15 is 0 Å². The summed E-state index contributed by atoms with van der Waals surface area (Å²) >= 11 is 5.87. The van der Waals surface area contributed by atoms with Crippen LogP contribution in [0.15, 0.2) is 30.3 Å². The summed E-state index contributed by atoms with van der Waals surface area (Å²) in [5.41, 5.74) is 3.10. The van der Waals surface area contributed by atoms with Crippen LogP contribution in [0.4, 0.5) is 4.39 Å². The maximum atomic E-state index is 14.1. The lowest BCUT2D eigenvalue weighted by Crippen LogP contribution is -2.30. The third-order valence-electron chi connectivity index (χ3n) is 4.54. The molecule has 0 aliphatic carbocycles. The van der Waals surface area contributed by atoms with Crippen molar-refractivity contribution in [3.8, 4) is 11.5 Å². The van der Waals surface area contributed by atoms with Gasteiger partial charge in [0, 0.05) is 6.04 Å². The smallest absolute Gasteiger partial charge is 0.161 e. The fourth-order valence-electron chi connectivity index (χ4n) is 3.27. The van der Waals surface area contributed by atoms with E-state index in [9.17, 15) is 4.39 Å². The van der Waals surface area contributed by atoms with Crippen LogP contribution in [0, 0.1) is 5.82 Å². The molecule has 1 atom stereocenters. The van der Waals surface area contributed by atoms with Gasteiger partial charge in [0.1, 0.15) is 5.82 Å². The summed E-state index contributed by atoms with van der Waals surface area (Å²) in [6, 6.07) is 9.38. The van der Waals surface area contributed by atoms with Crippen LogP contribution in [0.3, 0.4) is 0 Å². The summed E-state index contributed by atoms with van der Waals surface area (Å²) in [6.45, 7) is 0.894. The van der Waals surface area contributed by atoms with Crippen LogP contribution in [0.1, 0.15) is 29.2 Å². The molecule has 3 nitrogen and oxygen atoms in total. The standard InChI is InChI=1S/C19H21ClFNO2/c1-23-17-10-13-8-9-22-16(14(13)11-18(17)24-2)7-6-12-4-3-5-15(20)19(12)21/h3-5,10-11,16,22H,6-9H2,1-2H3. The highest BCUT2D eigenvalue weighted by Gasteiger charge is 2.23. The Balaban J connectivity index is 1.83. The van der Waals surface area contributed by atoms with Crippen molar-refractivity contribution < 1.29 is 13.9 Å². The third-order valence-corrected chi connectivity index (χ3v) is 4.83. The van der Waals surface area contributed by atoms with E-state index in [4.69, 9.17) is 21.1 Å². The zero-order chi connectivity index (χ0) is 17.1. The zero-order valence-electron chi connectivity index (χ0n) is 13.9. The number of fused-ring (bicyclic) bond motifs is 1. The van der Waals surface area contributed by atoms with Crippen molar-refractivity contribution in [1.82, 2.24) is 5.32 Å². The van der Waals surface area contributed by atoms with E-state index in [2.05, 4.69) is 5.32 Å². The minimum absolute atomic E-state index is 0.159. The van der Waals surface area contributed by atoms with Gasteiger partial charge in [-0.05, 0) is 60.7 Å². The molecule has 0 saturated heterocycles. The highest BCUT2D eigenvalue weighted by molar-refractivity contribution is 6.30. The van der Waals surface area contributed by atoms with E-state index in [-0.39, 0.29) is 16.9 Å². The summed E-state index contributed by atoms with van der Waals surface area (Å²) in [5.74, 6) is 1.15. The van der Waals surface area contributed by atoms with Gasteiger partial charge < -0.3 is 14.8 Å². The molecule has 5 heteroatoms. The Bertz CT molecular complexity index is 736. The number of methoxy groups -OCH3 is 2. The molecule has 1 unspecified atom stereocenters. The summed E-state index contributed by atoms with van der Waals surface area (Å²) in [5, 5.41) is 3.69. The van der Waals surface area contributed by atoms with Gasteiger partial charge in [-0.3, -0.25) is 0 Å². The second kappa shape index (κ2) is 7.41. The summed E-state index contributed by atoms with van der Waals surface area (Å²) in [4.78, 5) is 0. The molecule has 0 fully saturated rings. The Labute approximate surface area is 146 Å². The van der Waals surface area contributed by atoms with Crippen molar-refractivity contribution in [2.75, 3.05) is 20.8 Å². The first-order valence-electron chi connectivity index (χ1n) is 8.05. The van der Waals surface area contributed by atoms with Crippen LogP contribution in [-0.4, -0.2) is 20.8 Å². The monoisotopic (exact) mass is 349 g/mol. The molecule has 0 bridgehead atoms. The van der Waals surface area contributed by atoms with Crippen LogP contribution in [0.5, 0.6) is 11.5 Å². The normalized spacial score (nSPS) is 16.6. The topological polar surface area (TPSA) is 30.5 Å². The first kappa shape index (κ1) is 17.1. The largest absolute Gasteiger partial charge is 0.493 e. The maximum absolute atomic E-state index is 14.1. The average molecular weight is 350 g/mol. The molecule has 24 heavy (non-hydrogen) atoms. The van der Waals surface area contributed by atoms with Crippen molar-refractivity contribution in [2.24, 2.45) is 0 Å². The molecule has 1 N–H and O–H groups in total. The molecule has 2 aromatic carbocycles. The van der Waals surface area contributed by atoms with Crippen molar-refractivity contribution in [2.45, 2.75) is 25.3 Å². The van der Waals surface area contributed by atoms with Gasteiger partial charge in [-0.2, -0.15) is 0 Å². The lowest BCUT2D eigenvalue weighted by molar-refractivity contribution is 0.351. The van der Waals surface area contributed by atoms with Gasteiger partial charge in [-0.1, -0.05) is 23.7 Å². The fraction of sp³-hybridized carbons (Fsp3) is 0.368. The van der Waals surface area contributed by atoms with Crippen molar-refractivity contribution >= 4 is 11.6 Å². The predicted molar refractivity (Wildman–Crippen MR) is 93.7 cm³/mol. The van der Waals surface area contributed by atoms with E-state index in [0.29, 0.717) is 12.0 Å². The van der Waals surface area contributed by atoms with E-state index in [1.165, 1.54) is 11.1 Å². The van der Waals surface area contributed by atoms with Crippen LogP contribution < -0.4 is 14.8 Å². The van der Waals surface area contributed by atoms with E-state index in [1.54, 1.807) is 32.4 Å². The third kappa shape index (κ3) is 3.35. The summed E-state index contributed by atoms with van der Waals surface area (Å²) in [6.07, 6.45) is 2.36. The van der Waals surface area contributed by atoms with Crippen molar-refractivity contribution in [1.29, 1.82) is 0 Å². The van der Waals surface area contributed by atoms with Gasteiger partial charge in [0.05, 0.1) is 19.2 Å². The molecule has 1 aliphatic rings.